The molecule has 1 N–H and O–H groups in total. The van der Waals surface area contributed by atoms with Gasteiger partial charge < -0.3 is 9.55 Å². The Labute approximate surface area is 193 Å². The van der Waals surface area contributed by atoms with Gasteiger partial charge in [-0.05, 0) is 58.7 Å². The van der Waals surface area contributed by atoms with Crippen molar-refractivity contribution in [2.45, 2.75) is 44.9 Å². The second kappa shape index (κ2) is 6.08. The first kappa shape index (κ1) is 19.0. The van der Waals surface area contributed by atoms with Crippen molar-refractivity contribution < 1.29 is 0 Å². The summed E-state index contributed by atoms with van der Waals surface area (Å²) in [7, 11) is 0. The molecule has 0 aliphatic heterocycles. The quantitative estimate of drug-likeness (QED) is 0.271. The van der Waals surface area contributed by atoms with E-state index in [1.54, 1.807) is 0 Å². The number of fused-ring (bicyclic) bond motifs is 8. The second-order valence-corrected chi connectivity index (χ2v) is 11.0. The molecule has 2 heteroatoms. The lowest BCUT2D eigenvalue weighted by Gasteiger charge is -2.24. The molecule has 4 aromatic carbocycles. The highest BCUT2D eigenvalue weighted by Crippen LogP contribution is 2.52. The lowest BCUT2D eigenvalue weighted by atomic mass is 9.81. The van der Waals surface area contributed by atoms with Gasteiger partial charge in [0.2, 0.25) is 0 Å². The molecule has 0 radical (unpaired) electrons. The van der Waals surface area contributed by atoms with Gasteiger partial charge in [0.05, 0.1) is 16.7 Å². The Balaban J connectivity index is 1.70. The molecule has 0 saturated carbocycles. The third-order valence-electron chi connectivity index (χ3n) is 7.88. The number of nitrogens with one attached hydrogen (secondary N) is 1. The van der Waals surface area contributed by atoms with Crippen LogP contribution in [0.5, 0.6) is 0 Å². The van der Waals surface area contributed by atoms with Gasteiger partial charge in [0.1, 0.15) is 0 Å². The number of H-pyrrole nitrogens is 1. The van der Waals surface area contributed by atoms with Crippen LogP contribution in [-0.2, 0) is 10.8 Å². The zero-order valence-electron chi connectivity index (χ0n) is 19.7. The Hall–Kier alpha value is -3.52. The molecule has 0 atom stereocenters. The van der Waals surface area contributed by atoms with Gasteiger partial charge in [-0.1, -0.05) is 76.2 Å². The molecule has 0 spiro atoms. The van der Waals surface area contributed by atoms with E-state index < -0.39 is 0 Å². The van der Waals surface area contributed by atoms with E-state index in [1.807, 2.05) is 0 Å². The smallest absolute Gasteiger partial charge is 0.0549 e. The van der Waals surface area contributed by atoms with E-state index >= 15 is 0 Å². The minimum absolute atomic E-state index is 0.123. The summed E-state index contributed by atoms with van der Waals surface area (Å²) in [5.74, 6) is 0. The molecule has 7 rings (SSSR count). The average Bonchev–Trinajstić information content (AvgIpc) is 3.39. The SMILES string of the molecule is CC1(C)CC(C)(C)c2c(-n3c4ccccc4c4c5c(ccc43)[nH]c3ccccc35)cccc21. The van der Waals surface area contributed by atoms with Crippen LogP contribution in [0.3, 0.4) is 0 Å². The van der Waals surface area contributed by atoms with Gasteiger partial charge in [0.15, 0.2) is 0 Å². The van der Waals surface area contributed by atoms with E-state index in [-0.39, 0.29) is 10.8 Å². The van der Waals surface area contributed by atoms with Crippen molar-refractivity contribution >= 4 is 43.6 Å². The number of aromatic nitrogens is 2. The number of para-hydroxylation sites is 2. The van der Waals surface area contributed by atoms with Gasteiger partial charge in [-0.25, -0.2) is 0 Å². The summed E-state index contributed by atoms with van der Waals surface area (Å²) in [6.45, 7) is 9.61. The number of hydrogen-bond donors (Lipinski definition) is 1. The maximum absolute atomic E-state index is 3.64. The van der Waals surface area contributed by atoms with Crippen molar-refractivity contribution in [1.82, 2.24) is 9.55 Å². The van der Waals surface area contributed by atoms with E-state index in [0.717, 1.165) is 6.42 Å². The molecule has 2 heterocycles. The van der Waals surface area contributed by atoms with Crippen LogP contribution in [0.15, 0.2) is 78.9 Å². The van der Waals surface area contributed by atoms with Crippen LogP contribution in [0.4, 0.5) is 0 Å². The third kappa shape index (κ3) is 2.39. The Morgan fingerprint density at radius 3 is 2.24 bits per heavy atom. The summed E-state index contributed by atoms with van der Waals surface area (Å²) in [5, 5.41) is 5.27. The summed E-state index contributed by atoms with van der Waals surface area (Å²) >= 11 is 0. The van der Waals surface area contributed by atoms with Crippen molar-refractivity contribution in [2.24, 2.45) is 0 Å². The Morgan fingerprint density at radius 1 is 0.636 bits per heavy atom. The molecule has 0 amide bonds. The van der Waals surface area contributed by atoms with Gasteiger partial charge >= 0.3 is 0 Å². The Bertz CT molecular complexity index is 1740. The van der Waals surface area contributed by atoms with Crippen LogP contribution in [0.1, 0.15) is 45.2 Å². The normalized spacial score (nSPS) is 16.8. The fourth-order valence-electron chi connectivity index (χ4n) is 6.95. The first-order chi connectivity index (χ1) is 15.9. The Morgan fingerprint density at radius 2 is 1.39 bits per heavy atom. The average molecular weight is 429 g/mol. The van der Waals surface area contributed by atoms with E-state index in [9.17, 15) is 0 Å². The monoisotopic (exact) mass is 428 g/mol. The minimum atomic E-state index is 0.123. The predicted octanol–water partition coefficient (Wildman–Crippen LogP) is 8.38. The summed E-state index contributed by atoms with van der Waals surface area (Å²) in [6, 6.07) is 29.1. The summed E-state index contributed by atoms with van der Waals surface area (Å²) in [4.78, 5) is 3.64. The van der Waals surface area contributed by atoms with E-state index in [2.05, 4.69) is 116 Å². The maximum Gasteiger partial charge on any atom is 0.0549 e. The predicted molar refractivity (Wildman–Crippen MR) is 141 cm³/mol. The molecule has 0 saturated heterocycles. The van der Waals surface area contributed by atoms with Crippen molar-refractivity contribution in [1.29, 1.82) is 0 Å². The van der Waals surface area contributed by atoms with E-state index in [1.165, 1.54) is 60.4 Å². The maximum atomic E-state index is 3.64. The first-order valence-corrected chi connectivity index (χ1v) is 11.9. The molecule has 2 aromatic heterocycles. The van der Waals surface area contributed by atoms with Gasteiger partial charge in [0.25, 0.3) is 0 Å². The summed E-state index contributed by atoms with van der Waals surface area (Å²) in [5.41, 5.74) is 9.57. The fourth-order valence-corrected chi connectivity index (χ4v) is 6.95. The molecule has 0 fully saturated rings. The number of nitrogens with zero attached hydrogens (tertiary/aromatic N) is 1. The van der Waals surface area contributed by atoms with Crippen molar-refractivity contribution in [2.75, 3.05) is 0 Å². The molecular formula is C31H28N2. The van der Waals surface area contributed by atoms with Crippen LogP contribution in [0.2, 0.25) is 0 Å². The number of rotatable bonds is 1. The van der Waals surface area contributed by atoms with E-state index in [0.29, 0.717) is 0 Å². The minimum Gasteiger partial charge on any atom is -0.354 e. The zero-order chi connectivity index (χ0) is 22.5. The van der Waals surface area contributed by atoms with Crippen LogP contribution < -0.4 is 0 Å². The molecule has 33 heavy (non-hydrogen) atoms. The highest BCUT2D eigenvalue weighted by atomic mass is 15.0. The molecule has 1 aliphatic carbocycles. The molecule has 2 nitrogen and oxygen atoms in total. The molecular weight excluding hydrogens is 400 g/mol. The molecule has 0 bridgehead atoms. The van der Waals surface area contributed by atoms with Gasteiger partial charge in [0, 0.05) is 32.6 Å². The van der Waals surface area contributed by atoms with Crippen LogP contribution in [-0.4, -0.2) is 9.55 Å². The van der Waals surface area contributed by atoms with Gasteiger partial charge in [-0.2, -0.15) is 0 Å². The Kier molecular flexibility index (Phi) is 3.50. The summed E-state index contributed by atoms with van der Waals surface area (Å²) < 4.78 is 2.52. The topological polar surface area (TPSA) is 20.7 Å². The van der Waals surface area contributed by atoms with Gasteiger partial charge in [-0.15, -0.1) is 0 Å². The highest BCUT2D eigenvalue weighted by molar-refractivity contribution is 6.28. The van der Waals surface area contributed by atoms with Crippen LogP contribution in [0.25, 0.3) is 49.3 Å². The van der Waals surface area contributed by atoms with Crippen molar-refractivity contribution in [3.8, 4) is 5.69 Å². The zero-order valence-corrected chi connectivity index (χ0v) is 19.7. The number of hydrogen-bond acceptors (Lipinski definition) is 0. The lowest BCUT2D eigenvalue weighted by Crippen LogP contribution is -2.18. The standard InChI is InChI=1S/C31H28N2/c1-30(2)18-31(3,4)29-21(30)12-9-15-26(29)33-24-14-8-6-11-20(24)28-25(33)17-16-23-27(28)19-10-5-7-13-22(19)32-23/h5-17,32H,18H2,1-4H3. The third-order valence-corrected chi connectivity index (χ3v) is 7.88. The van der Waals surface area contributed by atoms with Crippen LogP contribution in [0, 0.1) is 0 Å². The van der Waals surface area contributed by atoms with Crippen molar-refractivity contribution in [3.05, 3.63) is 90.0 Å². The second-order valence-electron chi connectivity index (χ2n) is 11.0. The lowest BCUT2D eigenvalue weighted by molar-refractivity contribution is 0.403. The first-order valence-electron chi connectivity index (χ1n) is 11.9. The largest absolute Gasteiger partial charge is 0.354 e. The van der Waals surface area contributed by atoms with Gasteiger partial charge in [-0.3, -0.25) is 0 Å². The van der Waals surface area contributed by atoms with E-state index in [4.69, 9.17) is 0 Å². The molecule has 6 aromatic rings. The van der Waals surface area contributed by atoms with Crippen LogP contribution >= 0.6 is 0 Å². The highest BCUT2D eigenvalue weighted by Gasteiger charge is 2.43. The summed E-state index contributed by atoms with van der Waals surface area (Å²) in [6.07, 6.45) is 1.16. The molecule has 1 aliphatic rings. The number of aromatic amines is 1. The molecule has 162 valence electrons. The molecule has 0 unspecified atom stereocenters. The fraction of sp³-hybridized carbons (Fsp3) is 0.226. The number of benzene rings is 4. The van der Waals surface area contributed by atoms with Crippen molar-refractivity contribution in [3.63, 3.8) is 0 Å².